The number of halogens is 1. The van der Waals surface area contributed by atoms with Gasteiger partial charge in [0.15, 0.2) is 5.96 Å². The molecule has 1 saturated heterocycles. The van der Waals surface area contributed by atoms with Crippen LogP contribution in [-0.2, 0) is 0 Å². The van der Waals surface area contributed by atoms with E-state index in [-0.39, 0.29) is 24.0 Å². The average Bonchev–Trinajstić information content (AvgIpc) is 2.57. The Balaban J connectivity index is 0.00000529. The highest BCUT2D eigenvalue weighted by Crippen LogP contribution is 2.06. The molecule has 0 bridgehead atoms. The van der Waals surface area contributed by atoms with Crippen molar-refractivity contribution in [2.75, 3.05) is 66.0 Å². The molecule has 0 aromatic carbocycles. The van der Waals surface area contributed by atoms with E-state index in [9.17, 15) is 0 Å². The molecule has 1 fully saturated rings. The van der Waals surface area contributed by atoms with Crippen molar-refractivity contribution in [1.29, 1.82) is 0 Å². The van der Waals surface area contributed by atoms with E-state index in [1.165, 1.54) is 52.1 Å². The highest BCUT2D eigenvalue weighted by molar-refractivity contribution is 14.0. The fourth-order valence-corrected chi connectivity index (χ4v) is 3.00. The smallest absolute Gasteiger partial charge is 0.193 e. The van der Waals surface area contributed by atoms with E-state index in [0.29, 0.717) is 5.92 Å². The first-order chi connectivity index (χ1) is 11.1. The summed E-state index contributed by atoms with van der Waals surface area (Å²) in [6.45, 7) is 19.1. The molecule has 1 atom stereocenters. The first-order valence-corrected chi connectivity index (χ1v) is 9.54. The van der Waals surface area contributed by atoms with Gasteiger partial charge in [-0.05, 0) is 25.8 Å². The molecular weight excluding hydrogens is 413 g/mol. The molecule has 1 unspecified atom stereocenters. The second-order valence-electron chi connectivity index (χ2n) is 6.81. The van der Waals surface area contributed by atoms with Gasteiger partial charge in [0, 0.05) is 59.4 Å². The lowest BCUT2D eigenvalue weighted by Crippen LogP contribution is -2.47. The Morgan fingerprint density at radius 3 is 2.29 bits per heavy atom. The summed E-state index contributed by atoms with van der Waals surface area (Å²) in [7, 11) is 2.14. The van der Waals surface area contributed by atoms with Crippen LogP contribution >= 0.6 is 24.0 Å². The number of nitrogens with zero attached hydrogens (tertiary/aromatic N) is 4. The Bertz CT molecular complexity index is 329. The number of hydrogen-bond donors (Lipinski definition) is 1. The predicted molar refractivity (Wildman–Crippen MR) is 117 cm³/mol. The van der Waals surface area contributed by atoms with Crippen LogP contribution < -0.4 is 5.32 Å². The van der Waals surface area contributed by atoms with Crippen molar-refractivity contribution < 1.29 is 0 Å². The molecule has 1 N–H and O–H groups in total. The molecule has 0 radical (unpaired) electrons. The van der Waals surface area contributed by atoms with E-state index in [1.807, 2.05) is 0 Å². The Morgan fingerprint density at radius 2 is 1.75 bits per heavy atom. The zero-order valence-corrected chi connectivity index (χ0v) is 18.9. The van der Waals surface area contributed by atoms with Crippen LogP contribution in [0, 0.1) is 5.92 Å². The molecule has 24 heavy (non-hydrogen) atoms. The number of hydrogen-bond acceptors (Lipinski definition) is 3. The molecule has 0 saturated carbocycles. The van der Waals surface area contributed by atoms with Crippen molar-refractivity contribution >= 4 is 29.9 Å². The topological polar surface area (TPSA) is 34.1 Å². The van der Waals surface area contributed by atoms with Crippen LogP contribution in [0.2, 0.25) is 0 Å². The van der Waals surface area contributed by atoms with Crippen molar-refractivity contribution in [3.63, 3.8) is 0 Å². The number of guanidine groups is 1. The molecule has 1 heterocycles. The minimum absolute atomic E-state index is 0. The van der Waals surface area contributed by atoms with Crippen LogP contribution in [0.5, 0.6) is 0 Å². The normalized spacial score (nSPS) is 18.1. The van der Waals surface area contributed by atoms with E-state index in [1.54, 1.807) is 0 Å². The predicted octanol–water partition coefficient (Wildman–Crippen LogP) is 2.58. The van der Waals surface area contributed by atoms with Crippen LogP contribution in [-0.4, -0.2) is 86.6 Å². The van der Waals surface area contributed by atoms with Crippen molar-refractivity contribution in [2.24, 2.45) is 10.9 Å². The van der Waals surface area contributed by atoms with Gasteiger partial charge in [-0.2, -0.15) is 0 Å². The van der Waals surface area contributed by atoms with Gasteiger partial charge in [-0.1, -0.05) is 27.2 Å². The van der Waals surface area contributed by atoms with E-state index in [4.69, 9.17) is 4.99 Å². The highest BCUT2D eigenvalue weighted by Gasteiger charge is 2.17. The number of unbranched alkanes of at least 4 members (excludes halogenated alkanes) is 1. The molecule has 1 aliphatic heterocycles. The lowest BCUT2D eigenvalue weighted by Gasteiger charge is -2.35. The number of piperazine rings is 1. The second-order valence-corrected chi connectivity index (χ2v) is 6.81. The Hall–Kier alpha value is -0.0800. The summed E-state index contributed by atoms with van der Waals surface area (Å²) in [5.41, 5.74) is 0. The lowest BCUT2D eigenvalue weighted by molar-refractivity contribution is 0.125. The molecule has 1 aliphatic rings. The van der Waals surface area contributed by atoms with Gasteiger partial charge in [-0.15, -0.1) is 24.0 Å². The van der Waals surface area contributed by atoms with E-state index >= 15 is 0 Å². The molecule has 0 aromatic rings. The van der Waals surface area contributed by atoms with Crippen LogP contribution in [0.25, 0.3) is 0 Å². The van der Waals surface area contributed by atoms with Crippen LogP contribution in [0.15, 0.2) is 4.99 Å². The molecule has 0 aromatic heterocycles. The van der Waals surface area contributed by atoms with Gasteiger partial charge in [0.25, 0.3) is 0 Å². The van der Waals surface area contributed by atoms with E-state index in [0.717, 1.165) is 25.6 Å². The monoisotopic (exact) mass is 453 g/mol. The summed E-state index contributed by atoms with van der Waals surface area (Å²) in [5.74, 6) is 1.67. The summed E-state index contributed by atoms with van der Waals surface area (Å²) >= 11 is 0. The summed E-state index contributed by atoms with van der Waals surface area (Å²) in [6.07, 6.45) is 2.45. The Labute approximate surface area is 167 Å². The third-order valence-corrected chi connectivity index (χ3v) is 4.58. The van der Waals surface area contributed by atoms with Crippen LogP contribution in [0.3, 0.4) is 0 Å². The van der Waals surface area contributed by atoms with Gasteiger partial charge in [0.2, 0.25) is 0 Å². The van der Waals surface area contributed by atoms with Gasteiger partial charge in [0.05, 0.1) is 0 Å². The third kappa shape index (κ3) is 9.42. The maximum Gasteiger partial charge on any atom is 0.193 e. The summed E-state index contributed by atoms with van der Waals surface area (Å²) in [6, 6.07) is 0. The first kappa shape index (κ1) is 23.9. The zero-order valence-electron chi connectivity index (χ0n) is 16.6. The van der Waals surface area contributed by atoms with Gasteiger partial charge in [-0.3, -0.25) is 4.99 Å². The molecular formula is C18H40IN5. The standard InChI is InChI=1S/C18H39N5.HI/c1-6-9-10-21(5)18(19-7-2)20-15-17(4)16-23-13-11-22(8-3)12-14-23;/h17H,6-16H2,1-5H3,(H,19,20);1H. The molecule has 5 nitrogen and oxygen atoms in total. The molecule has 144 valence electrons. The summed E-state index contributed by atoms with van der Waals surface area (Å²) in [5, 5.41) is 3.42. The van der Waals surface area contributed by atoms with Gasteiger partial charge >= 0.3 is 0 Å². The molecule has 0 spiro atoms. The highest BCUT2D eigenvalue weighted by atomic mass is 127. The van der Waals surface area contributed by atoms with Gasteiger partial charge < -0.3 is 20.0 Å². The second kappa shape index (κ2) is 14.1. The SMILES string of the molecule is CCCCN(C)C(=NCC(C)CN1CCN(CC)CC1)NCC.I. The van der Waals surface area contributed by atoms with Crippen molar-refractivity contribution in [2.45, 2.75) is 40.5 Å². The van der Waals surface area contributed by atoms with Crippen molar-refractivity contribution in [3.8, 4) is 0 Å². The van der Waals surface area contributed by atoms with Crippen molar-refractivity contribution in [1.82, 2.24) is 20.0 Å². The summed E-state index contributed by atoms with van der Waals surface area (Å²) < 4.78 is 0. The fourth-order valence-electron chi connectivity index (χ4n) is 3.00. The van der Waals surface area contributed by atoms with Crippen LogP contribution in [0.1, 0.15) is 40.5 Å². The van der Waals surface area contributed by atoms with E-state index < -0.39 is 0 Å². The fraction of sp³-hybridized carbons (Fsp3) is 0.944. The first-order valence-electron chi connectivity index (χ1n) is 9.54. The van der Waals surface area contributed by atoms with Crippen LogP contribution in [0.4, 0.5) is 0 Å². The molecule has 6 heteroatoms. The largest absolute Gasteiger partial charge is 0.357 e. The number of aliphatic imine (C=N–C) groups is 1. The molecule has 0 amide bonds. The molecule has 0 aliphatic carbocycles. The summed E-state index contributed by atoms with van der Waals surface area (Å²) in [4.78, 5) is 12.3. The quantitative estimate of drug-likeness (QED) is 0.331. The minimum Gasteiger partial charge on any atom is -0.357 e. The molecule has 1 rings (SSSR count). The lowest BCUT2D eigenvalue weighted by atomic mass is 10.1. The third-order valence-electron chi connectivity index (χ3n) is 4.58. The number of likely N-dealkylation sites (N-methyl/N-ethyl adjacent to an activating group) is 1. The van der Waals surface area contributed by atoms with Crippen molar-refractivity contribution in [3.05, 3.63) is 0 Å². The Kier molecular flexibility index (Phi) is 14.1. The maximum absolute atomic E-state index is 4.86. The van der Waals surface area contributed by atoms with E-state index in [2.05, 4.69) is 54.8 Å². The minimum atomic E-state index is 0. The average molecular weight is 453 g/mol. The zero-order chi connectivity index (χ0) is 17.1. The number of nitrogens with one attached hydrogen (secondary N) is 1. The van der Waals surface area contributed by atoms with Gasteiger partial charge in [0.1, 0.15) is 0 Å². The van der Waals surface area contributed by atoms with Gasteiger partial charge in [-0.25, -0.2) is 0 Å². The Morgan fingerprint density at radius 1 is 1.12 bits per heavy atom. The number of rotatable bonds is 9. The maximum atomic E-state index is 4.86.